The molecule has 1 aromatic rings. The Balaban J connectivity index is 0.00000400. The SMILES string of the molecule is CCNC(=NCc1cccc(C)c1)NCCCCSC.I. The molecule has 0 radical (unpaired) electrons. The minimum Gasteiger partial charge on any atom is -0.357 e. The fourth-order valence-corrected chi connectivity index (χ4v) is 2.39. The van der Waals surface area contributed by atoms with Gasteiger partial charge < -0.3 is 10.6 Å². The van der Waals surface area contributed by atoms with Crippen molar-refractivity contribution in [3.05, 3.63) is 35.4 Å². The first-order valence-electron chi connectivity index (χ1n) is 7.33. The van der Waals surface area contributed by atoms with E-state index in [0.29, 0.717) is 0 Å². The average Bonchev–Trinajstić information content (AvgIpc) is 2.44. The fraction of sp³-hybridized carbons (Fsp3) is 0.562. The lowest BCUT2D eigenvalue weighted by atomic mass is 10.1. The van der Waals surface area contributed by atoms with Gasteiger partial charge in [0.15, 0.2) is 5.96 Å². The van der Waals surface area contributed by atoms with Crippen LogP contribution in [-0.4, -0.2) is 31.1 Å². The van der Waals surface area contributed by atoms with Crippen LogP contribution >= 0.6 is 35.7 Å². The lowest BCUT2D eigenvalue weighted by Gasteiger charge is -2.11. The van der Waals surface area contributed by atoms with E-state index in [-0.39, 0.29) is 24.0 Å². The van der Waals surface area contributed by atoms with Crippen molar-refractivity contribution in [3.8, 4) is 0 Å². The highest BCUT2D eigenvalue weighted by Gasteiger charge is 1.97. The van der Waals surface area contributed by atoms with Crippen molar-refractivity contribution in [3.63, 3.8) is 0 Å². The summed E-state index contributed by atoms with van der Waals surface area (Å²) in [5, 5.41) is 6.69. The maximum Gasteiger partial charge on any atom is 0.191 e. The van der Waals surface area contributed by atoms with Crippen LogP contribution in [0.4, 0.5) is 0 Å². The number of nitrogens with zero attached hydrogens (tertiary/aromatic N) is 1. The first-order valence-corrected chi connectivity index (χ1v) is 8.72. The zero-order valence-corrected chi connectivity index (χ0v) is 16.5. The Kier molecular flexibility index (Phi) is 13.0. The van der Waals surface area contributed by atoms with Gasteiger partial charge in [0.05, 0.1) is 6.54 Å². The second-order valence-electron chi connectivity index (χ2n) is 4.81. The molecule has 0 unspecified atom stereocenters. The maximum atomic E-state index is 4.63. The summed E-state index contributed by atoms with van der Waals surface area (Å²) in [6, 6.07) is 8.51. The van der Waals surface area contributed by atoms with Gasteiger partial charge in [0.25, 0.3) is 0 Å². The van der Waals surface area contributed by atoms with E-state index in [1.165, 1.54) is 29.7 Å². The van der Waals surface area contributed by atoms with Gasteiger partial charge in [-0.15, -0.1) is 24.0 Å². The molecule has 0 spiro atoms. The van der Waals surface area contributed by atoms with Gasteiger partial charge in [0.2, 0.25) is 0 Å². The smallest absolute Gasteiger partial charge is 0.191 e. The van der Waals surface area contributed by atoms with Crippen molar-refractivity contribution >= 4 is 41.7 Å². The van der Waals surface area contributed by atoms with E-state index in [1.54, 1.807) is 0 Å². The lowest BCUT2D eigenvalue weighted by Crippen LogP contribution is -2.37. The Hall–Kier alpha value is -0.430. The van der Waals surface area contributed by atoms with Gasteiger partial charge in [0, 0.05) is 13.1 Å². The highest BCUT2D eigenvalue weighted by Crippen LogP contribution is 2.05. The first-order chi connectivity index (χ1) is 9.76. The van der Waals surface area contributed by atoms with E-state index in [1.807, 2.05) is 11.8 Å². The van der Waals surface area contributed by atoms with E-state index in [2.05, 4.69) is 60.0 Å². The lowest BCUT2D eigenvalue weighted by molar-refractivity contribution is 0.734. The topological polar surface area (TPSA) is 36.4 Å². The molecular formula is C16H28IN3S. The molecule has 0 aliphatic rings. The van der Waals surface area contributed by atoms with E-state index in [0.717, 1.165) is 25.6 Å². The number of halogens is 1. The molecule has 2 N–H and O–H groups in total. The minimum atomic E-state index is 0. The normalized spacial score (nSPS) is 10.9. The van der Waals surface area contributed by atoms with E-state index >= 15 is 0 Å². The summed E-state index contributed by atoms with van der Waals surface area (Å²) >= 11 is 1.91. The molecule has 0 heterocycles. The summed E-state index contributed by atoms with van der Waals surface area (Å²) in [5.41, 5.74) is 2.54. The van der Waals surface area contributed by atoms with Crippen LogP contribution in [-0.2, 0) is 6.54 Å². The van der Waals surface area contributed by atoms with Gasteiger partial charge in [-0.1, -0.05) is 29.8 Å². The van der Waals surface area contributed by atoms with Gasteiger partial charge in [0.1, 0.15) is 0 Å². The predicted octanol–water partition coefficient (Wildman–Crippen LogP) is 3.81. The summed E-state index contributed by atoms with van der Waals surface area (Å²) < 4.78 is 0. The van der Waals surface area contributed by atoms with Gasteiger partial charge >= 0.3 is 0 Å². The van der Waals surface area contributed by atoms with Crippen molar-refractivity contribution in [1.29, 1.82) is 0 Å². The molecule has 0 saturated heterocycles. The third-order valence-corrected chi connectivity index (χ3v) is 3.61. The molecule has 0 atom stereocenters. The highest BCUT2D eigenvalue weighted by molar-refractivity contribution is 14.0. The molecule has 3 nitrogen and oxygen atoms in total. The summed E-state index contributed by atoms with van der Waals surface area (Å²) in [6.07, 6.45) is 4.60. The Morgan fingerprint density at radius 2 is 2.05 bits per heavy atom. The number of nitrogens with one attached hydrogen (secondary N) is 2. The van der Waals surface area contributed by atoms with E-state index in [4.69, 9.17) is 0 Å². The monoisotopic (exact) mass is 421 g/mol. The molecule has 0 amide bonds. The van der Waals surface area contributed by atoms with E-state index < -0.39 is 0 Å². The zero-order chi connectivity index (χ0) is 14.6. The molecule has 1 rings (SSSR count). The largest absolute Gasteiger partial charge is 0.357 e. The number of rotatable bonds is 8. The first kappa shape index (κ1) is 20.6. The average molecular weight is 421 g/mol. The highest BCUT2D eigenvalue weighted by atomic mass is 127. The minimum absolute atomic E-state index is 0. The molecule has 0 aromatic heterocycles. The zero-order valence-electron chi connectivity index (χ0n) is 13.3. The van der Waals surface area contributed by atoms with Crippen LogP contribution in [0.5, 0.6) is 0 Å². The Morgan fingerprint density at radius 1 is 1.24 bits per heavy atom. The van der Waals surface area contributed by atoms with E-state index in [9.17, 15) is 0 Å². The van der Waals surface area contributed by atoms with Crippen LogP contribution < -0.4 is 10.6 Å². The molecule has 1 aromatic carbocycles. The molecule has 0 bridgehead atoms. The second kappa shape index (κ2) is 13.2. The molecule has 0 aliphatic heterocycles. The van der Waals surface area contributed by atoms with Crippen molar-refractivity contribution < 1.29 is 0 Å². The van der Waals surface area contributed by atoms with Crippen molar-refractivity contribution in [2.24, 2.45) is 4.99 Å². The van der Waals surface area contributed by atoms with Crippen LogP contribution in [0.25, 0.3) is 0 Å². The standard InChI is InChI=1S/C16H27N3S.HI/c1-4-17-16(18-10-5-6-11-20-3)19-13-15-9-7-8-14(2)12-15;/h7-9,12H,4-6,10-11,13H2,1-3H3,(H2,17,18,19);1H. The third kappa shape index (κ3) is 10.0. The van der Waals surface area contributed by atoms with Gasteiger partial charge in [-0.05, 0) is 44.3 Å². The summed E-state index contributed by atoms with van der Waals surface area (Å²) in [7, 11) is 0. The van der Waals surface area contributed by atoms with Crippen LogP contribution in [0.1, 0.15) is 30.9 Å². The van der Waals surface area contributed by atoms with Crippen LogP contribution in [0, 0.1) is 6.92 Å². The number of benzene rings is 1. The van der Waals surface area contributed by atoms with Gasteiger partial charge in [-0.25, -0.2) is 4.99 Å². The van der Waals surface area contributed by atoms with Crippen LogP contribution in [0.2, 0.25) is 0 Å². The predicted molar refractivity (Wildman–Crippen MR) is 107 cm³/mol. The molecule has 0 fully saturated rings. The van der Waals surface area contributed by atoms with Crippen LogP contribution in [0.3, 0.4) is 0 Å². The Morgan fingerprint density at radius 3 is 2.71 bits per heavy atom. The summed E-state index contributed by atoms with van der Waals surface area (Å²) in [6.45, 7) is 6.81. The van der Waals surface area contributed by atoms with Gasteiger partial charge in [-0.3, -0.25) is 0 Å². The quantitative estimate of drug-likeness (QED) is 0.290. The Bertz CT molecular complexity index is 410. The third-order valence-electron chi connectivity index (χ3n) is 2.91. The molecule has 0 saturated carbocycles. The number of unbranched alkanes of at least 4 members (excludes halogenated alkanes) is 1. The number of guanidine groups is 1. The second-order valence-corrected chi connectivity index (χ2v) is 5.80. The summed E-state index contributed by atoms with van der Waals surface area (Å²) in [4.78, 5) is 4.63. The van der Waals surface area contributed by atoms with Crippen LogP contribution in [0.15, 0.2) is 29.3 Å². The van der Waals surface area contributed by atoms with Crippen molar-refractivity contribution in [2.45, 2.75) is 33.2 Å². The number of thioether (sulfide) groups is 1. The maximum absolute atomic E-state index is 4.63. The molecular weight excluding hydrogens is 393 g/mol. The van der Waals surface area contributed by atoms with Crippen molar-refractivity contribution in [1.82, 2.24) is 10.6 Å². The Labute approximate surface area is 150 Å². The summed E-state index contributed by atoms with van der Waals surface area (Å²) in [5.74, 6) is 2.15. The number of hydrogen-bond acceptors (Lipinski definition) is 2. The fourth-order valence-electron chi connectivity index (χ4n) is 1.90. The number of aryl methyl sites for hydroxylation is 1. The number of aliphatic imine (C=N–C) groups is 1. The molecule has 120 valence electrons. The van der Waals surface area contributed by atoms with Crippen molar-refractivity contribution in [2.75, 3.05) is 25.1 Å². The van der Waals surface area contributed by atoms with Gasteiger partial charge in [-0.2, -0.15) is 11.8 Å². The number of hydrogen-bond donors (Lipinski definition) is 2. The molecule has 5 heteroatoms. The molecule has 0 aliphatic carbocycles. The molecule has 21 heavy (non-hydrogen) atoms.